The third-order valence-electron chi connectivity index (χ3n) is 2.80. The molecule has 2 aromatic carbocycles. The Bertz CT molecular complexity index is 640. The fourth-order valence-electron chi connectivity index (χ4n) is 1.99. The monoisotopic (exact) mass is 287 g/mol. The van der Waals surface area contributed by atoms with Crippen LogP contribution in [-0.4, -0.2) is 19.9 Å². The van der Waals surface area contributed by atoms with E-state index in [2.05, 4.69) is 66.5 Å². The number of nitrogens with one attached hydrogen (secondary N) is 1. The molecule has 0 spiro atoms. The Balaban J connectivity index is 2.08. The summed E-state index contributed by atoms with van der Waals surface area (Å²) in [6, 6.07) is 19.3. The van der Waals surface area contributed by atoms with Crippen LogP contribution in [0.2, 0.25) is 0 Å². The summed E-state index contributed by atoms with van der Waals surface area (Å²) >= 11 is 0.380. The molecule has 0 aliphatic carbocycles. The predicted octanol–water partition coefficient (Wildman–Crippen LogP) is 2.13. The summed E-state index contributed by atoms with van der Waals surface area (Å²) in [5.41, 5.74) is 2.55. The average molecular weight is 286 g/mol. The van der Waals surface area contributed by atoms with Crippen LogP contribution in [0, 0.1) is 6.92 Å². The van der Waals surface area contributed by atoms with Gasteiger partial charge in [0.1, 0.15) is 0 Å². The molecule has 3 rings (SSSR count). The number of benzene rings is 2. The molecule has 0 unspecified atom stereocenters. The molecule has 0 amide bonds. The fraction of sp³-hybridized carbons (Fsp3) is 0.0667. The summed E-state index contributed by atoms with van der Waals surface area (Å²) in [5.74, 6) is 0. The van der Waals surface area contributed by atoms with Crippen LogP contribution >= 0.6 is 0 Å². The zero-order chi connectivity index (χ0) is 11.7. The minimum atomic E-state index is 0.380. The molecule has 0 aliphatic rings. The summed E-state index contributed by atoms with van der Waals surface area (Å²) in [7, 11) is 0. The maximum atomic E-state index is 3.46. The summed E-state index contributed by atoms with van der Waals surface area (Å²) in [6.45, 7) is 2.17. The molecule has 0 saturated heterocycles. The second kappa shape index (κ2) is 4.40. The van der Waals surface area contributed by atoms with E-state index >= 15 is 0 Å². The summed E-state index contributed by atoms with van der Waals surface area (Å²) in [6.07, 6.45) is 0. The van der Waals surface area contributed by atoms with Crippen LogP contribution in [0.5, 0.6) is 0 Å². The van der Waals surface area contributed by atoms with Crippen LogP contribution in [-0.2, 0) is 0 Å². The molecule has 84 valence electrons. The second-order valence-electron chi connectivity index (χ2n) is 4.04. The van der Waals surface area contributed by atoms with E-state index in [1.807, 2.05) is 0 Å². The van der Waals surface area contributed by atoms with Crippen LogP contribution in [0.25, 0.3) is 10.9 Å². The van der Waals surface area contributed by atoms with Gasteiger partial charge in [-0.3, -0.25) is 0 Å². The van der Waals surface area contributed by atoms with Crippen molar-refractivity contribution in [2.75, 3.05) is 0 Å². The maximum absolute atomic E-state index is 3.46. The molecule has 0 fully saturated rings. The molecule has 1 aromatic heterocycles. The van der Waals surface area contributed by atoms with Gasteiger partial charge in [0.05, 0.1) is 0 Å². The van der Waals surface area contributed by atoms with Crippen molar-refractivity contribution in [2.45, 2.75) is 6.92 Å². The van der Waals surface area contributed by atoms with Gasteiger partial charge in [0, 0.05) is 0 Å². The zero-order valence-electron chi connectivity index (χ0n) is 9.60. The van der Waals surface area contributed by atoms with Gasteiger partial charge in [-0.05, 0) is 0 Å². The van der Waals surface area contributed by atoms with Crippen molar-refractivity contribution in [1.29, 1.82) is 0 Å². The van der Waals surface area contributed by atoms with E-state index in [1.54, 1.807) is 0 Å². The molecule has 0 saturated carbocycles. The standard InChI is InChI=1S/C15H13NSe/c1-11-15(17-12-7-3-2-4-8-12)13-9-5-6-10-14(13)16-11/h2-10,16H,1H3. The molecular weight excluding hydrogens is 273 g/mol. The number of hydrogen-bond acceptors (Lipinski definition) is 0. The van der Waals surface area contributed by atoms with Gasteiger partial charge >= 0.3 is 107 Å². The van der Waals surface area contributed by atoms with Gasteiger partial charge in [-0.25, -0.2) is 0 Å². The Morgan fingerprint density at radius 2 is 1.59 bits per heavy atom. The van der Waals surface area contributed by atoms with E-state index in [0.717, 1.165) is 0 Å². The Hall–Kier alpha value is -1.50. The summed E-state index contributed by atoms with van der Waals surface area (Å²) in [5, 5.41) is 1.37. The number of hydrogen-bond donors (Lipinski definition) is 1. The molecule has 1 nitrogen and oxygen atoms in total. The number of fused-ring (bicyclic) bond motifs is 1. The van der Waals surface area contributed by atoms with Crippen molar-refractivity contribution in [1.82, 2.24) is 4.98 Å². The number of para-hydroxylation sites is 1. The van der Waals surface area contributed by atoms with Crippen LogP contribution in [0.15, 0.2) is 54.6 Å². The van der Waals surface area contributed by atoms with E-state index < -0.39 is 0 Å². The van der Waals surface area contributed by atoms with E-state index in [0.29, 0.717) is 15.0 Å². The van der Waals surface area contributed by atoms with Crippen LogP contribution < -0.4 is 8.92 Å². The minimum absolute atomic E-state index is 0.380. The third kappa shape index (κ3) is 2.02. The first kappa shape index (κ1) is 10.6. The Morgan fingerprint density at radius 3 is 2.41 bits per heavy atom. The fourth-order valence-corrected chi connectivity index (χ4v) is 4.13. The number of aryl methyl sites for hydroxylation is 1. The predicted molar refractivity (Wildman–Crippen MR) is 74.5 cm³/mol. The summed E-state index contributed by atoms with van der Waals surface area (Å²) in [4.78, 5) is 3.46. The first-order valence-corrected chi connectivity index (χ1v) is 7.36. The van der Waals surface area contributed by atoms with Crippen molar-refractivity contribution in [3.8, 4) is 0 Å². The van der Waals surface area contributed by atoms with Crippen molar-refractivity contribution in [3.63, 3.8) is 0 Å². The van der Waals surface area contributed by atoms with Crippen molar-refractivity contribution < 1.29 is 0 Å². The first-order valence-electron chi connectivity index (χ1n) is 5.65. The van der Waals surface area contributed by atoms with Gasteiger partial charge in [0.15, 0.2) is 0 Å². The Kier molecular flexibility index (Phi) is 2.76. The molecule has 2 heteroatoms. The number of aromatic nitrogens is 1. The molecule has 17 heavy (non-hydrogen) atoms. The van der Waals surface area contributed by atoms with Crippen molar-refractivity contribution in [2.24, 2.45) is 0 Å². The van der Waals surface area contributed by atoms with Crippen LogP contribution in [0.3, 0.4) is 0 Å². The normalized spacial score (nSPS) is 10.9. The van der Waals surface area contributed by atoms with Crippen molar-refractivity contribution in [3.05, 3.63) is 60.3 Å². The second-order valence-corrected chi connectivity index (χ2v) is 6.31. The van der Waals surface area contributed by atoms with Gasteiger partial charge in [-0.2, -0.15) is 0 Å². The number of aromatic amines is 1. The van der Waals surface area contributed by atoms with E-state index in [9.17, 15) is 0 Å². The number of rotatable bonds is 2. The van der Waals surface area contributed by atoms with Gasteiger partial charge < -0.3 is 0 Å². The molecule has 0 radical (unpaired) electrons. The Labute approximate surface area is 107 Å². The quantitative estimate of drug-likeness (QED) is 0.695. The topological polar surface area (TPSA) is 15.8 Å². The van der Waals surface area contributed by atoms with E-state index in [4.69, 9.17) is 0 Å². The first-order chi connectivity index (χ1) is 8.34. The molecule has 1 N–H and O–H groups in total. The SMILES string of the molecule is Cc1[nH]c2ccccc2c1[Se]c1ccccc1. The molecule has 0 aliphatic heterocycles. The molecule has 0 atom stereocenters. The average Bonchev–Trinajstić information content (AvgIpc) is 2.68. The van der Waals surface area contributed by atoms with E-state index in [-0.39, 0.29) is 0 Å². The van der Waals surface area contributed by atoms with Gasteiger partial charge in [-0.1, -0.05) is 0 Å². The van der Waals surface area contributed by atoms with Crippen LogP contribution in [0.4, 0.5) is 0 Å². The van der Waals surface area contributed by atoms with Gasteiger partial charge in [0.2, 0.25) is 0 Å². The third-order valence-corrected chi connectivity index (χ3v) is 5.40. The summed E-state index contributed by atoms with van der Waals surface area (Å²) < 4.78 is 2.90. The van der Waals surface area contributed by atoms with Crippen LogP contribution in [0.1, 0.15) is 5.69 Å². The molecule has 0 bridgehead atoms. The van der Waals surface area contributed by atoms with Gasteiger partial charge in [0.25, 0.3) is 0 Å². The molecule has 3 aromatic rings. The Morgan fingerprint density at radius 1 is 0.882 bits per heavy atom. The molecule has 1 heterocycles. The zero-order valence-corrected chi connectivity index (χ0v) is 11.3. The van der Waals surface area contributed by atoms with E-state index in [1.165, 1.54) is 25.5 Å². The van der Waals surface area contributed by atoms with Gasteiger partial charge in [-0.15, -0.1) is 0 Å². The molecular formula is C15H13NSe. The van der Waals surface area contributed by atoms with Crippen molar-refractivity contribution >= 4 is 34.8 Å². The number of H-pyrrole nitrogens is 1.